The molecule has 2 amide bonds. The summed E-state index contributed by atoms with van der Waals surface area (Å²) in [6.45, 7) is 4.04. The molecule has 0 bridgehead atoms. The molecule has 6 heteroatoms. The van der Waals surface area contributed by atoms with E-state index in [9.17, 15) is 9.59 Å². The van der Waals surface area contributed by atoms with E-state index in [0.717, 1.165) is 11.1 Å². The molecule has 0 unspecified atom stereocenters. The number of hydrogen-bond donors (Lipinski definition) is 1. The van der Waals surface area contributed by atoms with Gasteiger partial charge in [0.1, 0.15) is 6.04 Å². The number of carbonyl (C=O) groups excluding carboxylic acids is 2. The lowest BCUT2D eigenvalue weighted by molar-refractivity contribution is -0.142. The number of likely N-dealkylation sites (N-methyl/N-ethyl adjacent to an activating group) is 1. The Hall–Kier alpha value is -3.02. The van der Waals surface area contributed by atoms with Crippen molar-refractivity contribution >= 4 is 11.8 Å². The van der Waals surface area contributed by atoms with Gasteiger partial charge in [0.2, 0.25) is 5.91 Å². The van der Waals surface area contributed by atoms with E-state index in [-0.39, 0.29) is 18.4 Å². The van der Waals surface area contributed by atoms with Gasteiger partial charge in [-0.3, -0.25) is 9.59 Å². The number of benzene rings is 2. The number of nitrogens with one attached hydrogen (secondary N) is 1. The number of ether oxygens (including phenoxy) is 2. The predicted molar refractivity (Wildman–Crippen MR) is 108 cm³/mol. The van der Waals surface area contributed by atoms with E-state index in [1.54, 1.807) is 31.2 Å². The van der Waals surface area contributed by atoms with Crippen molar-refractivity contribution in [2.75, 3.05) is 20.8 Å². The summed E-state index contributed by atoms with van der Waals surface area (Å²) in [5.74, 6) is 0.590. The molecule has 2 aromatic rings. The number of aryl methyl sites for hydroxylation is 1. The maximum Gasteiger partial charge on any atom is 0.261 e. The quantitative estimate of drug-likeness (QED) is 0.722. The van der Waals surface area contributed by atoms with Gasteiger partial charge < -0.3 is 19.7 Å². The number of rotatable bonds is 9. The minimum atomic E-state index is -0.571. The highest BCUT2D eigenvalue weighted by Gasteiger charge is 2.28. The first kappa shape index (κ1) is 21.3. The molecule has 0 saturated heterocycles. The molecule has 0 saturated carbocycles. The molecular weight excluding hydrogens is 356 g/mol. The number of amides is 2. The molecule has 150 valence electrons. The summed E-state index contributed by atoms with van der Waals surface area (Å²) in [6, 6.07) is 14.4. The Morgan fingerprint density at radius 2 is 1.71 bits per heavy atom. The average Bonchev–Trinajstić information content (AvgIpc) is 2.73. The van der Waals surface area contributed by atoms with E-state index < -0.39 is 6.04 Å². The lowest BCUT2D eigenvalue weighted by Crippen LogP contribution is -2.49. The lowest BCUT2D eigenvalue weighted by atomic mass is 10.1. The van der Waals surface area contributed by atoms with Gasteiger partial charge in [0.15, 0.2) is 18.1 Å². The lowest BCUT2D eigenvalue weighted by Gasteiger charge is -2.30. The van der Waals surface area contributed by atoms with E-state index >= 15 is 0 Å². The van der Waals surface area contributed by atoms with Crippen molar-refractivity contribution in [1.29, 1.82) is 0 Å². The summed E-state index contributed by atoms with van der Waals surface area (Å²) in [6.07, 6.45) is 0.506. The van der Waals surface area contributed by atoms with Crippen LogP contribution in [-0.4, -0.2) is 43.5 Å². The van der Waals surface area contributed by atoms with Crippen molar-refractivity contribution in [3.8, 4) is 11.5 Å². The average molecular weight is 384 g/mol. The van der Waals surface area contributed by atoms with Gasteiger partial charge in [-0.05, 0) is 36.6 Å². The molecule has 1 atom stereocenters. The van der Waals surface area contributed by atoms with Crippen LogP contribution in [0.4, 0.5) is 0 Å². The molecule has 0 aromatic heterocycles. The molecule has 2 aromatic carbocycles. The Labute approximate surface area is 166 Å². The first-order chi connectivity index (χ1) is 13.5. The van der Waals surface area contributed by atoms with Gasteiger partial charge in [-0.25, -0.2) is 0 Å². The Balaban J connectivity index is 2.23. The maximum absolute atomic E-state index is 13.0. The molecule has 0 spiro atoms. The predicted octanol–water partition coefficient (Wildman–Crippen LogP) is 2.94. The third-order valence-corrected chi connectivity index (χ3v) is 4.65. The minimum Gasteiger partial charge on any atom is -0.493 e. The highest BCUT2D eigenvalue weighted by atomic mass is 16.5. The van der Waals surface area contributed by atoms with Crippen molar-refractivity contribution < 1.29 is 19.1 Å². The van der Waals surface area contributed by atoms with Crippen molar-refractivity contribution in [3.63, 3.8) is 0 Å². The summed E-state index contributed by atoms with van der Waals surface area (Å²) < 4.78 is 11.0. The fraction of sp³-hybridized carbons (Fsp3) is 0.364. The molecule has 2 rings (SSSR count). The summed E-state index contributed by atoms with van der Waals surface area (Å²) in [7, 11) is 3.12. The van der Waals surface area contributed by atoms with Crippen LogP contribution in [0.1, 0.15) is 24.5 Å². The third-order valence-electron chi connectivity index (χ3n) is 4.65. The van der Waals surface area contributed by atoms with Crippen LogP contribution in [0.3, 0.4) is 0 Å². The van der Waals surface area contributed by atoms with Crippen molar-refractivity contribution in [1.82, 2.24) is 10.2 Å². The second-order valence-corrected chi connectivity index (χ2v) is 6.43. The number of nitrogens with zero attached hydrogens (tertiary/aromatic N) is 1. The topological polar surface area (TPSA) is 67.9 Å². The van der Waals surface area contributed by atoms with Gasteiger partial charge in [-0.1, -0.05) is 43.3 Å². The van der Waals surface area contributed by atoms with Crippen LogP contribution in [0.5, 0.6) is 11.5 Å². The highest BCUT2D eigenvalue weighted by Crippen LogP contribution is 2.26. The normalized spacial score (nSPS) is 11.4. The molecule has 0 radical (unpaired) electrons. The van der Waals surface area contributed by atoms with Crippen LogP contribution in [0.15, 0.2) is 48.5 Å². The second-order valence-electron chi connectivity index (χ2n) is 6.43. The van der Waals surface area contributed by atoms with E-state index in [1.165, 1.54) is 0 Å². The SMILES string of the molecule is CC[C@@H](C(=O)NC)N(Cc1ccccc1C)C(=O)COc1ccccc1OC. The second kappa shape index (κ2) is 10.3. The fourth-order valence-electron chi connectivity index (χ4n) is 3.02. The summed E-state index contributed by atoms with van der Waals surface area (Å²) in [5, 5.41) is 2.65. The van der Waals surface area contributed by atoms with Crippen LogP contribution >= 0.6 is 0 Å². The van der Waals surface area contributed by atoms with Crippen molar-refractivity contribution in [2.24, 2.45) is 0 Å². The van der Waals surface area contributed by atoms with Crippen molar-refractivity contribution in [3.05, 3.63) is 59.7 Å². The van der Waals surface area contributed by atoms with Crippen LogP contribution < -0.4 is 14.8 Å². The molecule has 0 aliphatic heterocycles. The summed E-state index contributed by atoms with van der Waals surface area (Å²) in [5.41, 5.74) is 2.06. The monoisotopic (exact) mass is 384 g/mol. The zero-order chi connectivity index (χ0) is 20.5. The zero-order valence-corrected chi connectivity index (χ0v) is 16.9. The first-order valence-electron chi connectivity index (χ1n) is 9.33. The van der Waals surface area contributed by atoms with Gasteiger partial charge >= 0.3 is 0 Å². The fourth-order valence-corrected chi connectivity index (χ4v) is 3.02. The minimum absolute atomic E-state index is 0.181. The number of para-hydroxylation sites is 2. The molecule has 1 N–H and O–H groups in total. The van der Waals surface area contributed by atoms with Crippen LogP contribution in [0.25, 0.3) is 0 Å². The van der Waals surface area contributed by atoms with E-state index in [0.29, 0.717) is 24.5 Å². The third kappa shape index (κ3) is 5.25. The van der Waals surface area contributed by atoms with Gasteiger partial charge in [-0.2, -0.15) is 0 Å². The largest absolute Gasteiger partial charge is 0.493 e. The molecular formula is C22H28N2O4. The zero-order valence-electron chi connectivity index (χ0n) is 16.9. The molecule has 0 fully saturated rings. The van der Waals surface area contributed by atoms with E-state index in [4.69, 9.17) is 9.47 Å². The number of carbonyl (C=O) groups is 2. The summed E-state index contributed by atoms with van der Waals surface area (Å²) >= 11 is 0. The maximum atomic E-state index is 13.0. The Morgan fingerprint density at radius 1 is 1.07 bits per heavy atom. The smallest absolute Gasteiger partial charge is 0.261 e. The molecule has 0 heterocycles. The van der Waals surface area contributed by atoms with Crippen LogP contribution in [0.2, 0.25) is 0 Å². The van der Waals surface area contributed by atoms with Crippen LogP contribution in [-0.2, 0) is 16.1 Å². The standard InChI is InChI=1S/C22H28N2O4/c1-5-18(22(26)23-3)24(14-17-11-7-6-10-16(17)2)21(25)15-28-20-13-9-8-12-19(20)27-4/h6-13,18H,5,14-15H2,1-4H3,(H,23,26)/t18-/m0/s1. The number of methoxy groups -OCH3 is 1. The van der Waals surface area contributed by atoms with E-state index in [1.807, 2.05) is 50.2 Å². The van der Waals surface area contributed by atoms with Crippen molar-refractivity contribution in [2.45, 2.75) is 32.9 Å². The van der Waals surface area contributed by atoms with Crippen LogP contribution in [0, 0.1) is 6.92 Å². The molecule has 28 heavy (non-hydrogen) atoms. The Kier molecular flexibility index (Phi) is 7.87. The Bertz CT molecular complexity index is 807. The van der Waals surface area contributed by atoms with Gasteiger partial charge in [0.05, 0.1) is 7.11 Å². The Morgan fingerprint density at radius 3 is 2.32 bits per heavy atom. The van der Waals surface area contributed by atoms with Gasteiger partial charge in [0.25, 0.3) is 5.91 Å². The number of hydrogen-bond acceptors (Lipinski definition) is 4. The molecule has 6 nitrogen and oxygen atoms in total. The molecule has 0 aliphatic rings. The van der Waals surface area contributed by atoms with Gasteiger partial charge in [0, 0.05) is 13.6 Å². The highest BCUT2D eigenvalue weighted by molar-refractivity contribution is 5.88. The van der Waals surface area contributed by atoms with E-state index in [2.05, 4.69) is 5.32 Å². The summed E-state index contributed by atoms with van der Waals surface area (Å²) in [4.78, 5) is 27.0. The van der Waals surface area contributed by atoms with Gasteiger partial charge in [-0.15, -0.1) is 0 Å². The molecule has 0 aliphatic carbocycles. The first-order valence-corrected chi connectivity index (χ1v) is 9.33.